The van der Waals surface area contributed by atoms with E-state index in [9.17, 15) is 8.42 Å². The van der Waals surface area contributed by atoms with Crippen LogP contribution in [0.4, 0.5) is 5.82 Å². The first-order valence-corrected chi connectivity index (χ1v) is 12.8. The van der Waals surface area contributed by atoms with Gasteiger partial charge in [-0.15, -0.1) is 0 Å². The van der Waals surface area contributed by atoms with Crippen molar-refractivity contribution in [2.75, 3.05) is 25.5 Å². The molecular weight excluding hydrogens is 424 g/mol. The minimum Gasteiger partial charge on any atom is -0.497 e. The fraction of sp³-hybridized carbons (Fsp3) is 0.542. The van der Waals surface area contributed by atoms with Gasteiger partial charge in [0.05, 0.1) is 7.11 Å². The Morgan fingerprint density at radius 2 is 1.81 bits per heavy atom. The zero-order chi connectivity index (χ0) is 23.3. The van der Waals surface area contributed by atoms with Gasteiger partial charge in [-0.3, -0.25) is 4.90 Å². The maximum absolute atomic E-state index is 13.0. The van der Waals surface area contributed by atoms with Crippen LogP contribution in [0.15, 0.2) is 47.5 Å². The Morgan fingerprint density at radius 1 is 1.12 bits per heavy atom. The van der Waals surface area contributed by atoms with Crippen molar-refractivity contribution in [3.05, 3.63) is 48.2 Å². The number of likely N-dealkylation sites (tertiary alicyclic amines) is 1. The minimum atomic E-state index is -3.56. The molecule has 7 nitrogen and oxygen atoms in total. The third kappa shape index (κ3) is 5.99. The molecule has 1 saturated heterocycles. The molecule has 1 fully saturated rings. The number of hydrogen-bond acceptors (Lipinski definition) is 6. The molecule has 1 N–H and O–H groups in total. The van der Waals surface area contributed by atoms with Crippen molar-refractivity contribution in [3.63, 3.8) is 0 Å². The van der Waals surface area contributed by atoms with Gasteiger partial charge in [0.25, 0.3) is 0 Å². The second-order valence-corrected chi connectivity index (χ2v) is 10.8. The Bertz CT molecular complexity index is 961. The highest BCUT2D eigenvalue weighted by atomic mass is 32.2. The molecule has 0 amide bonds. The summed E-state index contributed by atoms with van der Waals surface area (Å²) in [5.74, 6) is 1.61. The van der Waals surface area contributed by atoms with Crippen LogP contribution in [-0.2, 0) is 16.6 Å². The van der Waals surface area contributed by atoms with Crippen molar-refractivity contribution < 1.29 is 13.2 Å². The Labute approximate surface area is 192 Å². The van der Waals surface area contributed by atoms with Gasteiger partial charge in [0.1, 0.15) is 16.5 Å². The number of methoxy groups -OCH3 is 1. The number of nitrogens with one attached hydrogen (secondary N) is 1. The maximum atomic E-state index is 13.0. The molecule has 0 spiro atoms. The van der Waals surface area contributed by atoms with Crippen LogP contribution in [0.2, 0.25) is 0 Å². The Balaban J connectivity index is 1.55. The molecule has 8 heteroatoms. The number of piperidine rings is 1. The molecule has 1 aromatic heterocycles. The van der Waals surface area contributed by atoms with Gasteiger partial charge in [0.2, 0.25) is 10.0 Å². The fourth-order valence-corrected chi connectivity index (χ4v) is 6.14. The number of benzene rings is 1. The molecule has 2 heterocycles. The molecule has 1 aromatic carbocycles. The van der Waals surface area contributed by atoms with Crippen LogP contribution in [0.3, 0.4) is 0 Å². The van der Waals surface area contributed by atoms with E-state index in [-0.39, 0.29) is 17.0 Å². The lowest BCUT2D eigenvalue weighted by Crippen LogP contribution is -2.42. The quantitative estimate of drug-likeness (QED) is 0.610. The molecule has 2 aromatic rings. The molecule has 32 heavy (non-hydrogen) atoms. The first-order chi connectivity index (χ1) is 15.2. The van der Waals surface area contributed by atoms with Gasteiger partial charge in [0, 0.05) is 44.0 Å². The van der Waals surface area contributed by atoms with E-state index in [0.29, 0.717) is 6.04 Å². The molecule has 0 aliphatic carbocycles. The van der Waals surface area contributed by atoms with Gasteiger partial charge < -0.3 is 10.1 Å². The van der Waals surface area contributed by atoms with Crippen molar-refractivity contribution >= 4 is 15.8 Å². The van der Waals surface area contributed by atoms with E-state index in [1.165, 1.54) is 16.1 Å². The summed E-state index contributed by atoms with van der Waals surface area (Å²) in [5.41, 5.74) is 1.26. The number of anilines is 1. The number of ether oxygens (including phenoxy) is 1. The second kappa shape index (κ2) is 10.6. The zero-order valence-corrected chi connectivity index (χ0v) is 20.6. The Hall–Kier alpha value is -2.16. The van der Waals surface area contributed by atoms with E-state index in [1.54, 1.807) is 19.2 Å². The SMILES string of the molecule is COc1cccc(CN2CCC(Nc3ccc(S(=O)(=O)N(C(C)C)C(C)C)cn3)CC2)c1. The summed E-state index contributed by atoms with van der Waals surface area (Å²) in [4.78, 5) is 7.08. The number of sulfonamides is 1. The summed E-state index contributed by atoms with van der Waals surface area (Å²) >= 11 is 0. The topological polar surface area (TPSA) is 74.8 Å². The van der Waals surface area contributed by atoms with Crippen molar-refractivity contribution in [2.45, 2.75) is 70.1 Å². The first kappa shape index (κ1) is 24.5. The maximum Gasteiger partial charge on any atom is 0.245 e. The van der Waals surface area contributed by atoms with Gasteiger partial charge in [0.15, 0.2) is 0 Å². The fourth-order valence-electron chi connectivity index (χ4n) is 4.36. The Kier molecular flexibility index (Phi) is 8.14. The van der Waals surface area contributed by atoms with Crippen LogP contribution in [0, 0.1) is 0 Å². The molecule has 0 saturated carbocycles. The van der Waals surface area contributed by atoms with E-state index in [2.05, 4.69) is 27.3 Å². The summed E-state index contributed by atoms with van der Waals surface area (Å²) in [6.45, 7) is 10.5. The third-order valence-corrected chi connectivity index (χ3v) is 8.05. The summed E-state index contributed by atoms with van der Waals surface area (Å²) in [6, 6.07) is 11.7. The predicted molar refractivity (Wildman–Crippen MR) is 128 cm³/mol. The summed E-state index contributed by atoms with van der Waals surface area (Å²) in [6.07, 6.45) is 3.49. The predicted octanol–water partition coefficient (Wildman–Crippen LogP) is 3.97. The number of pyridine rings is 1. The van der Waals surface area contributed by atoms with Crippen molar-refractivity contribution in [2.24, 2.45) is 0 Å². The van der Waals surface area contributed by atoms with E-state index >= 15 is 0 Å². The molecule has 176 valence electrons. The van der Waals surface area contributed by atoms with Crippen molar-refractivity contribution in [1.29, 1.82) is 0 Å². The molecule has 1 aliphatic heterocycles. The largest absolute Gasteiger partial charge is 0.497 e. The highest BCUT2D eigenvalue weighted by Gasteiger charge is 2.29. The lowest BCUT2D eigenvalue weighted by Gasteiger charge is -2.32. The van der Waals surface area contributed by atoms with Gasteiger partial charge >= 0.3 is 0 Å². The molecule has 0 bridgehead atoms. The lowest BCUT2D eigenvalue weighted by atomic mass is 10.0. The van der Waals surface area contributed by atoms with Crippen LogP contribution < -0.4 is 10.1 Å². The Morgan fingerprint density at radius 3 is 2.38 bits per heavy atom. The normalized spacial score (nSPS) is 16.1. The van der Waals surface area contributed by atoms with E-state index < -0.39 is 10.0 Å². The highest BCUT2D eigenvalue weighted by molar-refractivity contribution is 7.89. The molecule has 0 radical (unpaired) electrons. The molecule has 0 atom stereocenters. The van der Waals surface area contributed by atoms with Gasteiger partial charge in [-0.2, -0.15) is 4.31 Å². The van der Waals surface area contributed by atoms with Gasteiger partial charge in [-0.1, -0.05) is 12.1 Å². The average Bonchev–Trinajstić information content (AvgIpc) is 2.75. The van der Waals surface area contributed by atoms with Crippen molar-refractivity contribution in [3.8, 4) is 5.75 Å². The highest BCUT2D eigenvalue weighted by Crippen LogP contribution is 2.23. The smallest absolute Gasteiger partial charge is 0.245 e. The first-order valence-electron chi connectivity index (χ1n) is 11.3. The van der Waals surface area contributed by atoms with Crippen LogP contribution in [-0.4, -0.2) is 60.9 Å². The number of rotatable bonds is 9. The average molecular weight is 461 g/mol. The van der Waals surface area contributed by atoms with Gasteiger partial charge in [-0.25, -0.2) is 13.4 Å². The number of aromatic nitrogens is 1. The van der Waals surface area contributed by atoms with Crippen molar-refractivity contribution in [1.82, 2.24) is 14.2 Å². The molecule has 3 rings (SSSR count). The van der Waals surface area contributed by atoms with E-state index in [4.69, 9.17) is 4.74 Å². The zero-order valence-electron chi connectivity index (χ0n) is 19.8. The summed E-state index contributed by atoms with van der Waals surface area (Å²) < 4.78 is 32.8. The van der Waals surface area contributed by atoms with Crippen LogP contribution in [0.5, 0.6) is 5.75 Å². The number of nitrogens with zero attached hydrogens (tertiary/aromatic N) is 3. The number of hydrogen-bond donors (Lipinski definition) is 1. The van der Waals surface area contributed by atoms with E-state index in [1.807, 2.05) is 39.8 Å². The standard InChI is InChI=1S/C24H36N4O3S/c1-18(2)28(19(3)4)32(29,30)23-9-10-24(25-16-23)26-21-11-13-27(14-12-21)17-20-7-6-8-22(15-20)31-5/h6-10,15-16,18-19,21H,11-14,17H2,1-5H3,(H,25,26). The minimum absolute atomic E-state index is 0.111. The molecule has 1 aliphatic rings. The summed E-state index contributed by atoms with van der Waals surface area (Å²) in [5, 5.41) is 3.47. The summed E-state index contributed by atoms with van der Waals surface area (Å²) in [7, 11) is -1.87. The van der Waals surface area contributed by atoms with Crippen LogP contribution in [0.25, 0.3) is 0 Å². The van der Waals surface area contributed by atoms with Crippen LogP contribution >= 0.6 is 0 Å². The van der Waals surface area contributed by atoms with Gasteiger partial charge in [-0.05, 0) is 70.4 Å². The van der Waals surface area contributed by atoms with Crippen LogP contribution in [0.1, 0.15) is 46.1 Å². The monoisotopic (exact) mass is 460 g/mol. The van der Waals surface area contributed by atoms with E-state index in [0.717, 1.165) is 44.0 Å². The second-order valence-electron chi connectivity index (χ2n) is 8.95. The molecule has 0 unspecified atom stereocenters. The third-order valence-electron chi connectivity index (χ3n) is 5.81. The lowest BCUT2D eigenvalue weighted by molar-refractivity contribution is 0.211. The molecular formula is C24H36N4O3S.